The number of alkyl halides is 3. The normalized spacial score (nSPS) is 20.4. The molecule has 0 spiro atoms. The van der Waals surface area contributed by atoms with Gasteiger partial charge in [0.2, 0.25) is 0 Å². The molecule has 1 unspecified atom stereocenters. The van der Waals surface area contributed by atoms with Crippen LogP contribution in [0.4, 0.5) is 13.2 Å². The summed E-state index contributed by atoms with van der Waals surface area (Å²) in [6.45, 7) is 0.627. The molecule has 0 radical (unpaired) electrons. The lowest BCUT2D eigenvalue weighted by Gasteiger charge is -2.26. The fourth-order valence-electron chi connectivity index (χ4n) is 1.93. The van der Waals surface area contributed by atoms with Crippen molar-refractivity contribution in [2.75, 3.05) is 19.8 Å². The van der Waals surface area contributed by atoms with Crippen LogP contribution in [0.25, 0.3) is 0 Å². The highest BCUT2D eigenvalue weighted by Crippen LogP contribution is 2.35. The average Bonchev–Trinajstić information content (AvgIpc) is 2.38. The van der Waals surface area contributed by atoms with Gasteiger partial charge in [-0.2, -0.15) is 13.2 Å². The van der Waals surface area contributed by atoms with E-state index in [1.807, 2.05) is 0 Å². The molecule has 1 fully saturated rings. The monoisotopic (exact) mass is 276 g/mol. The van der Waals surface area contributed by atoms with E-state index in [0.29, 0.717) is 6.61 Å². The Morgan fingerprint density at radius 2 is 1.95 bits per heavy atom. The van der Waals surface area contributed by atoms with Gasteiger partial charge in [0.1, 0.15) is 6.10 Å². The number of hydrogen-bond donors (Lipinski definition) is 2. The maximum Gasteiger partial charge on any atom is 0.488 e. The second kappa shape index (κ2) is 5.50. The highest BCUT2D eigenvalue weighted by Gasteiger charge is 2.37. The molecule has 2 rings (SSSR count). The van der Waals surface area contributed by atoms with Crippen LogP contribution in [0.1, 0.15) is 17.2 Å². The molecule has 104 valence electrons. The van der Waals surface area contributed by atoms with Crippen LogP contribution in [0.3, 0.4) is 0 Å². The molecule has 2 N–H and O–H groups in total. The molecule has 0 amide bonds. The van der Waals surface area contributed by atoms with Gasteiger partial charge in [-0.25, -0.2) is 0 Å². The number of ether oxygens (including phenoxy) is 2. The fraction of sp³-hybridized carbons (Fsp3) is 0.455. The zero-order valence-corrected chi connectivity index (χ0v) is 9.85. The van der Waals surface area contributed by atoms with Crippen LogP contribution >= 0.6 is 0 Å². The van der Waals surface area contributed by atoms with Crippen molar-refractivity contribution in [3.05, 3.63) is 29.3 Å². The first-order chi connectivity index (χ1) is 8.89. The quantitative estimate of drug-likeness (QED) is 0.771. The van der Waals surface area contributed by atoms with Crippen molar-refractivity contribution in [1.82, 2.24) is 0 Å². The van der Waals surface area contributed by atoms with Gasteiger partial charge in [0.15, 0.2) is 0 Å². The Kier molecular flexibility index (Phi) is 4.15. The summed E-state index contributed by atoms with van der Waals surface area (Å²) in [5.74, 6) is 0. The molecule has 1 aliphatic rings. The molecular weight excluding hydrogens is 264 g/mol. The Morgan fingerprint density at radius 3 is 2.47 bits per heavy atom. The standard InChI is InChI=1S/C11H12BF3O4/c13-11(14,15)9-5-7(12(16)17)1-2-8(9)10-6-18-3-4-19-10/h1-2,5,10,16-17H,3-4,6H2. The Hall–Kier alpha value is -1.09. The lowest BCUT2D eigenvalue weighted by molar-refractivity contribution is -0.142. The highest BCUT2D eigenvalue weighted by atomic mass is 19.4. The van der Waals surface area contributed by atoms with Crippen LogP contribution in [-0.4, -0.2) is 37.0 Å². The predicted octanol–water partition coefficient (Wildman–Crippen LogP) is 0.473. The lowest BCUT2D eigenvalue weighted by Crippen LogP contribution is -2.32. The van der Waals surface area contributed by atoms with Crippen LogP contribution in [0, 0.1) is 0 Å². The van der Waals surface area contributed by atoms with Crippen molar-refractivity contribution >= 4 is 12.6 Å². The largest absolute Gasteiger partial charge is 0.488 e. The van der Waals surface area contributed by atoms with E-state index in [0.717, 1.165) is 6.07 Å². The number of halogens is 3. The molecule has 1 atom stereocenters. The van der Waals surface area contributed by atoms with Crippen LogP contribution in [0.15, 0.2) is 18.2 Å². The summed E-state index contributed by atoms with van der Waals surface area (Å²) in [6.07, 6.45) is -5.39. The summed E-state index contributed by atoms with van der Waals surface area (Å²) in [5.41, 5.74) is -1.21. The minimum absolute atomic E-state index is 0.0457. The van der Waals surface area contributed by atoms with Gasteiger partial charge in [-0.1, -0.05) is 12.1 Å². The minimum atomic E-state index is -4.60. The SMILES string of the molecule is OB(O)c1ccc(C2COCCO2)c(C(F)(F)F)c1. The molecular formula is C11H12BF3O4. The first-order valence-electron chi connectivity index (χ1n) is 5.66. The Morgan fingerprint density at radius 1 is 1.21 bits per heavy atom. The van der Waals surface area contributed by atoms with Gasteiger partial charge in [0.05, 0.1) is 25.4 Å². The molecule has 0 aliphatic carbocycles. The second-order valence-corrected chi connectivity index (χ2v) is 4.15. The van der Waals surface area contributed by atoms with E-state index in [9.17, 15) is 13.2 Å². The third-order valence-corrected chi connectivity index (χ3v) is 2.84. The zero-order chi connectivity index (χ0) is 14.0. The first kappa shape index (κ1) is 14.3. The Bertz CT molecular complexity index is 444. The lowest BCUT2D eigenvalue weighted by atomic mass is 9.78. The van der Waals surface area contributed by atoms with Crippen molar-refractivity contribution < 1.29 is 32.7 Å². The molecule has 8 heteroatoms. The van der Waals surface area contributed by atoms with Gasteiger partial charge in [0, 0.05) is 0 Å². The zero-order valence-electron chi connectivity index (χ0n) is 9.85. The van der Waals surface area contributed by atoms with Crippen molar-refractivity contribution in [3.63, 3.8) is 0 Å². The van der Waals surface area contributed by atoms with Crippen LogP contribution in [0.2, 0.25) is 0 Å². The summed E-state index contributed by atoms with van der Waals surface area (Å²) >= 11 is 0. The highest BCUT2D eigenvalue weighted by molar-refractivity contribution is 6.58. The third kappa shape index (κ3) is 3.27. The summed E-state index contributed by atoms with van der Waals surface area (Å²) in [4.78, 5) is 0. The molecule has 1 saturated heterocycles. The maximum atomic E-state index is 13.0. The molecule has 1 aromatic rings. The topological polar surface area (TPSA) is 58.9 Å². The molecule has 19 heavy (non-hydrogen) atoms. The van der Waals surface area contributed by atoms with E-state index in [2.05, 4.69) is 0 Å². The minimum Gasteiger partial charge on any atom is -0.423 e. The van der Waals surface area contributed by atoms with Crippen molar-refractivity contribution in [3.8, 4) is 0 Å². The van der Waals surface area contributed by atoms with Gasteiger partial charge < -0.3 is 19.5 Å². The van der Waals surface area contributed by atoms with Gasteiger partial charge in [-0.3, -0.25) is 0 Å². The smallest absolute Gasteiger partial charge is 0.423 e. The summed E-state index contributed by atoms with van der Waals surface area (Å²) in [5, 5.41) is 17.9. The van der Waals surface area contributed by atoms with Gasteiger partial charge >= 0.3 is 13.3 Å². The summed E-state index contributed by atoms with van der Waals surface area (Å²) < 4.78 is 49.3. The fourth-order valence-corrected chi connectivity index (χ4v) is 1.93. The van der Waals surface area contributed by atoms with Crippen LogP contribution in [-0.2, 0) is 15.7 Å². The average molecular weight is 276 g/mol. The second-order valence-electron chi connectivity index (χ2n) is 4.15. The molecule has 1 heterocycles. The third-order valence-electron chi connectivity index (χ3n) is 2.84. The van der Waals surface area contributed by atoms with E-state index in [1.54, 1.807) is 0 Å². The molecule has 0 bridgehead atoms. The molecule has 1 aromatic carbocycles. The molecule has 1 aliphatic heterocycles. The van der Waals surface area contributed by atoms with Crippen molar-refractivity contribution in [1.29, 1.82) is 0 Å². The maximum absolute atomic E-state index is 13.0. The predicted molar refractivity (Wildman–Crippen MR) is 60.8 cm³/mol. The molecule has 4 nitrogen and oxygen atoms in total. The van der Waals surface area contributed by atoms with E-state index in [4.69, 9.17) is 19.5 Å². The van der Waals surface area contributed by atoms with Crippen LogP contribution < -0.4 is 5.46 Å². The molecule has 0 aromatic heterocycles. The van der Waals surface area contributed by atoms with E-state index in [-0.39, 0.29) is 24.2 Å². The number of benzene rings is 1. The number of hydrogen-bond acceptors (Lipinski definition) is 4. The van der Waals surface area contributed by atoms with Crippen molar-refractivity contribution in [2.24, 2.45) is 0 Å². The van der Waals surface area contributed by atoms with Gasteiger partial charge in [-0.15, -0.1) is 0 Å². The summed E-state index contributed by atoms with van der Waals surface area (Å²) in [7, 11) is -1.95. The van der Waals surface area contributed by atoms with E-state index < -0.39 is 25.0 Å². The van der Waals surface area contributed by atoms with E-state index >= 15 is 0 Å². The van der Waals surface area contributed by atoms with Crippen molar-refractivity contribution in [2.45, 2.75) is 12.3 Å². The molecule has 0 saturated carbocycles. The van der Waals surface area contributed by atoms with Crippen LogP contribution in [0.5, 0.6) is 0 Å². The van der Waals surface area contributed by atoms with E-state index in [1.165, 1.54) is 12.1 Å². The summed E-state index contributed by atoms with van der Waals surface area (Å²) in [6, 6.07) is 3.14. The van der Waals surface area contributed by atoms with Gasteiger partial charge in [0.25, 0.3) is 0 Å². The van der Waals surface area contributed by atoms with Gasteiger partial charge in [-0.05, 0) is 17.1 Å². The number of rotatable bonds is 2. The Balaban J connectivity index is 2.41. The Labute approximate surface area is 107 Å². The first-order valence-corrected chi connectivity index (χ1v) is 5.66.